The van der Waals surface area contributed by atoms with Crippen LogP contribution < -0.4 is 4.72 Å². The molecular weight excluding hydrogens is 174 g/mol. The van der Waals surface area contributed by atoms with Crippen molar-refractivity contribution >= 4 is 11.9 Å². The molecule has 0 unspecified atom stereocenters. The molecule has 0 aliphatic carbocycles. The zero-order valence-electron chi connectivity index (χ0n) is 6.86. The molecule has 2 aliphatic rings. The minimum absolute atomic E-state index is 0.778. The average molecular weight is 187 g/mol. The predicted octanol–water partition coefficient (Wildman–Crippen LogP) is 1.30. The lowest BCUT2D eigenvalue weighted by Crippen LogP contribution is -2.16. The topological polar surface area (TPSA) is 30.5 Å². The first-order valence-corrected chi connectivity index (χ1v) is 4.76. The van der Waals surface area contributed by atoms with Gasteiger partial charge in [0, 0.05) is 6.20 Å². The third-order valence-corrected chi connectivity index (χ3v) is 1.80. The number of ether oxygens (including phenoxy) is 2. The van der Waals surface area contributed by atoms with Gasteiger partial charge in [-0.05, 0) is 23.4 Å². The summed E-state index contributed by atoms with van der Waals surface area (Å²) in [7, 11) is 0. The Hall–Kier alpha value is -0.450. The van der Waals surface area contributed by atoms with E-state index in [0.717, 1.165) is 26.4 Å². The molecule has 2 heterocycles. The van der Waals surface area contributed by atoms with Gasteiger partial charge in [0.15, 0.2) is 0 Å². The van der Waals surface area contributed by atoms with Crippen molar-refractivity contribution in [3.8, 4) is 0 Å². The molecule has 2 rings (SSSR count). The summed E-state index contributed by atoms with van der Waals surface area (Å²) in [5, 5.41) is 1.99. The van der Waals surface area contributed by atoms with E-state index in [-0.39, 0.29) is 0 Å². The summed E-state index contributed by atoms with van der Waals surface area (Å²) in [6, 6.07) is 0. The molecule has 0 atom stereocenters. The van der Waals surface area contributed by atoms with Crippen molar-refractivity contribution in [2.45, 2.75) is 0 Å². The highest BCUT2D eigenvalue weighted by atomic mass is 32.2. The number of rotatable bonds is 0. The molecule has 0 aromatic carbocycles. The van der Waals surface area contributed by atoms with Gasteiger partial charge in [-0.25, -0.2) is 0 Å². The van der Waals surface area contributed by atoms with Crippen LogP contribution in [0.15, 0.2) is 23.8 Å². The van der Waals surface area contributed by atoms with Crippen molar-refractivity contribution in [3.63, 3.8) is 0 Å². The average Bonchev–Trinajstić information content (AvgIpc) is 2.24. The monoisotopic (exact) mass is 187 g/mol. The van der Waals surface area contributed by atoms with Gasteiger partial charge in [-0.1, -0.05) is 6.08 Å². The Kier molecular flexibility index (Phi) is 5.79. The fourth-order valence-electron chi connectivity index (χ4n) is 0.698. The van der Waals surface area contributed by atoms with Gasteiger partial charge >= 0.3 is 0 Å². The molecule has 68 valence electrons. The molecule has 4 heteroatoms. The number of nitrogens with one attached hydrogen (secondary N) is 1. The maximum absolute atomic E-state index is 4.94. The van der Waals surface area contributed by atoms with E-state index >= 15 is 0 Å². The first-order valence-electron chi connectivity index (χ1n) is 3.88. The van der Waals surface area contributed by atoms with Gasteiger partial charge in [-0.2, -0.15) is 0 Å². The SMILES string of the molecule is C1=CNSC=C1.C1COCCO1. The van der Waals surface area contributed by atoms with E-state index in [9.17, 15) is 0 Å². The van der Waals surface area contributed by atoms with Crippen LogP contribution in [-0.2, 0) is 9.47 Å². The second-order valence-electron chi connectivity index (χ2n) is 2.15. The number of allylic oxidation sites excluding steroid dienone is 2. The molecule has 1 fully saturated rings. The lowest BCUT2D eigenvalue weighted by Gasteiger charge is -2.09. The summed E-state index contributed by atoms with van der Waals surface area (Å²) in [5.41, 5.74) is 0. The molecule has 2 aliphatic heterocycles. The third-order valence-electron chi connectivity index (χ3n) is 1.23. The molecule has 12 heavy (non-hydrogen) atoms. The summed E-state index contributed by atoms with van der Waals surface area (Å²) in [4.78, 5) is 0. The van der Waals surface area contributed by atoms with E-state index in [4.69, 9.17) is 9.47 Å². The summed E-state index contributed by atoms with van der Waals surface area (Å²) in [6.45, 7) is 3.11. The van der Waals surface area contributed by atoms with Gasteiger partial charge in [-0.3, -0.25) is 0 Å². The van der Waals surface area contributed by atoms with Crippen molar-refractivity contribution in [1.82, 2.24) is 4.72 Å². The van der Waals surface area contributed by atoms with E-state index in [2.05, 4.69) is 4.72 Å². The Labute approximate surface area is 76.9 Å². The highest BCUT2D eigenvalue weighted by molar-refractivity contribution is 8.00. The van der Waals surface area contributed by atoms with Gasteiger partial charge in [0.05, 0.1) is 26.4 Å². The zero-order valence-corrected chi connectivity index (χ0v) is 7.68. The van der Waals surface area contributed by atoms with Crippen LogP contribution in [-0.4, -0.2) is 26.4 Å². The Morgan fingerprint density at radius 3 is 1.83 bits per heavy atom. The van der Waals surface area contributed by atoms with Crippen molar-refractivity contribution in [2.75, 3.05) is 26.4 Å². The van der Waals surface area contributed by atoms with E-state index in [0.29, 0.717) is 0 Å². The van der Waals surface area contributed by atoms with Crippen molar-refractivity contribution < 1.29 is 9.47 Å². The Balaban J connectivity index is 0.000000120. The third kappa shape index (κ3) is 5.23. The summed E-state index contributed by atoms with van der Waals surface area (Å²) in [5.74, 6) is 0. The highest BCUT2D eigenvalue weighted by Gasteiger charge is 1.94. The summed E-state index contributed by atoms with van der Waals surface area (Å²) >= 11 is 1.58. The molecule has 0 aromatic rings. The van der Waals surface area contributed by atoms with Gasteiger partial charge < -0.3 is 14.2 Å². The van der Waals surface area contributed by atoms with E-state index < -0.39 is 0 Å². The van der Waals surface area contributed by atoms with Crippen molar-refractivity contribution in [1.29, 1.82) is 0 Å². The van der Waals surface area contributed by atoms with E-state index in [1.54, 1.807) is 11.9 Å². The molecule has 3 nitrogen and oxygen atoms in total. The molecule has 1 saturated heterocycles. The van der Waals surface area contributed by atoms with Crippen molar-refractivity contribution in [3.05, 3.63) is 23.8 Å². The molecule has 0 amide bonds. The number of hydrogen-bond donors (Lipinski definition) is 1. The molecule has 0 radical (unpaired) electrons. The molecule has 0 bridgehead atoms. The fraction of sp³-hybridized carbons (Fsp3) is 0.500. The highest BCUT2D eigenvalue weighted by Crippen LogP contribution is 1.98. The van der Waals surface area contributed by atoms with Crippen LogP contribution in [0.4, 0.5) is 0 Å². The quantitative estimate of drug-likeness (QED) is 0.579. The second kappa shape index (κ2) is 7.21. The maximum Gasteiger partial charge on any atom is 0.0701 e. The van der Waals surface area contributed by atoms with Gasteiger partial charge in [0.25, 0.3) is 0 Å². The number of hydrogen-bond acceptors (Lipinski definition) is 4. The maximum atomic E-state index is 4.94. The normalized spacial score (nSPS) is 20.7. The van der Waals surface area contributed by atoms with Crippen LogP contribution in [0.1, 0.15) is 0 Å². The lowest BCUT2D eigenvalue weighted by atomic mass is 10.6. The summed E-state index contributed by atoms with van der Waals surface area (Å²) in [6.07, 6.45) is 5.84. The second-order valence-corrected chi connectivity index (χ2v) is 2.89. The van der Waals surface area contributed by atoms with Gasteiger partial charge in [-0.15, -0.1) is 0 Å². The summed E-state index contributed by atoms with van der Waals surface area (Å²) < 4.78 is 12.8. The van der Waals surface area contributed by atoms with Crippen LogP contribution in [0.2, 0.25) is 0 Å². The Bertz CT molecular complexity index is 132. The van der Waals surface area contributed by atoms with Gasteiger partial charge in [0.2, 0.25) is 0 Å². The van der Waals surface area contributed by atoms with Crippen LogP contribution in [0.3, 0.4) is 0 Å². The standard InChI is InChI=1S/C4H5NS.C4H8O2/c1-2-4-6-5-3-1;1-2-6-4-3-5-1/h1-5H;1-4H2. The fourth-order valence-corrected chi connectivity index (χ4v) is 1.10. The first-order chi connectivity index (χ1) is 6.00. The van der Waals surface area contributed by atoms with E-state index in [1.807, 2.05) is 23.8 Å². The minimum Gasteiger partial charge on any atom is -0.377 e. The van der Waals surface area contributed by atoms with Crippen LogP contribution in [0.25, 0.3) is 0 Å². The largest absolute Gasteiger partial charge is 0.377 e. The molecule has 0 spiro atoms. The molecule has 0 aromatic heterocycles. The van der Waals surface area contributed by atoms with Gasteiger partial charge in [0.1, 0.15) is 0 Å². The smallest absolute Gasteiger partial charge is 0.0701 e. The molecule has 0 saturated carbocycles. The Morgan fingerprint density at radius 2 is 1.67 bits per heavy atom. The molecular formula is C8H13NO2S. The van der Waals surface area contributed by atoms with Crippen LogP contribution in [0, 0.1) is 0 Å². The Morgan fingerprint density at radius 1 is 1.00 bits per heavy atom. The van der Waals surface area contributed by atoms with Crippen LogP contribution >= 0.6 is 11.9 Å². The predicted molar refractivity (Wildman–Crippen MR) is 50.6 cm³/mol. The van der Waals surface area contributed by atoms with Crippen LogP contribution in [0.5, 0.6) is 0 Å². The zero-order chi connectivity index (χ0) is 8.49. The van der Waals surface area contributed by atoms with E-state index in [1.165, 1.54) is 0 Å². The van der Waals surface area contributed by atoms with Crippen molar-refractivity contribution in [2.24, 2.45) is 0 Å². The first kappa shape index (κ1) is 9.64. The minimum atomic E-state index is 0.778. The molecule has 1 N–H and O–H groups in total. The lowest BCUT2D eigenvalue weighted by molar-refractivity contribution is -0.0334.